The van der Waals surface area contributed by atoms with Crippen molar-refractivity contribution in [1.82, 2.24) is 9.97 Å². The summed E-state index contributed by atoms with van der Waals surface area (Å²) in [6, 6.07) is 18.8. The van der Waals surface area contributed by atoms with Crippen LogP contribution in [0.1, 0.15) is 35.3 Å². The van der Waals surface area contributed by atoms with Crippen LogP contribution in [0.5, 0.6) is 0 Å². The molecule has 1 aromatic heterocycles. The van der Waals surface area contributed by atoms with Crippen LogP contribution in [0.3, 0.4) is 0 Å². The maximum absolute atomic E-state index is 4.69. The van der Waals surface area contributed by atoms with Gasteiger partial charge in [0.1, 0.15) is 5.82 Å². The minimum atomic E-state index is 0.184. The van der Waals surface area contributed by atoms with Crippen LogP contribution in [-0.2, 0) is 0 Å². The molecule has 0 amide bonds. The predicted octanol–water partition coefficient (Wildman–Crippen LogP) is 5.24. The van der Waals surface area contributed by atoms with Gasteiger partial charge in [0, 0.05) is 17.3 Å². The van der Waals surface area contributed by atoms with Crippen molar-refractivity contribution in [2.75, 3.05) is 5.32 Å². The second kappa shape index (κ2) is 6.83. The standard InChI is InChI=1S/C21H23N3/c1-14-10-11-19(15(2)12-14)17(4)23-20-13-16(3)22-21(24-20)18-8-6-5-7-9-18/h5-13,17H,1-4H3,(H,22,23,24). The number of benzene rings is 2. The number of hydrogen-bond acceptors (Lipinski definition) is 3. The highest BCUT2D eigenvalue weighted by Crippen LogP contribution is 2.24. The topological polar surface area (TPSA) is 37.8 Å². The number of aryl methyl sites for hydroxylation is 3. The predicted molar refractivity (Wildman–Crippen MR) is 100 cm³/mol. The molecule has 0 fully saturated rings. The molecule has 0 saturated carbocycles. The van der Waals surface area contributed by atoms with Crippen molar-refractivity contribution in [3.05, 3.63) is 77.0 Å². The van der Waals surface area contributed by atoms with E-state index in [1.54, 1.807) is 0 Å². The molecule has 3 rings (SSSR count). The summed E-state index contributed by atoms with van der Waals surface area (Å²) >= 11 is 0. The van der Waals surface area contributed by atoms with E-state index < -0.39 is 0 Å². The molecular formula is C21H23N3. The fourth-order valence-electron chi connectivity index (χ4n) is 2.97. The number of rotatable bonds is 4. The second-order valence-electron chi connectivity index (χ2n) is 6.31. The molecule has 1 atom stereocenters. The quantitative estimate of drug-likeness (QED) is 0.715. The summed E-state index contributed by atoms with van der Waals surface area (Å²) in [5.74, 6) is 1.61. The maximum atomic E-state index is 4.69. The fraction of sp³-hybridized carbons (Fsp3) is 0.238. The largest absolute Gasteiger partial charge is 0.363 e. The van der Waals surface area contributed by atoms with E-state index in [1.807, 2.05) is 43.3 Å². The zero-order chi connectivity index (χ0) is 17.1. The van der Waals surface area contributed by atoms with Crippen LogP contribution in [0, 0.1) is 20.8 Å². The molecule has 1 N–H and O–H groups in total. The van der Waals surface area contributed by atoms with E-state index in [4.69, 9.17) is 4.98 Å². The van der Waals surface area contributed by atoms with Crippen molar-refractivity contribution in [1.29, 1.82) is 0 Å². The van der Waals surface area contributed by atoms with Crippen LogP contribution in [0.4, 0.5) is 5.82 Å². The van der Waals surface area contributed by atoms with E-state index in [0.29, 0.717) is 0 Å². The summed E-state index contributed by atoms with van der Waals surface area (Å²) in [6.07, 6.45) is 0. The van der Waals surface area contributed by atoms with Gasteiger partial charge in [0.05, 0.1) is 6.04 Å². The number of aromatic nitrogens is 2. The van der Waals surface area contributed by atoms with Gasteiger partial charge in [-0.25, -0.2) is 9.97 Å². The van der Waals surface area contributed by atoms with E-state index in [0.717, 1.165) is 22.9 Å². The van der Waals surface area contributed by atoms with Crippen LogP contribution >= 0.6 is 0 Å². The van der Waals surface area contributed by atoms with Gasteiger partial charge in [-0.1, -0.05) is 54.1 Å². The number of anilines is 1. The smallest absolute Gasteiger partial charge is 0.161 e. The Morgan fingerprint density at radius 3 is 2.33 bits per heavy atom. The van der Waals surface area contributed by atoms with Gasteiger partial charge in [-0.05, 0) is 38.8 Å². The maximum Gasteiger partial charge on any atom is 0.161 e. The Morgan fingerprint density at radius 2 is 1.62 bits per heavy atom. The zero-order valence-electron chi connectivity index (χ0n) is 14.7. The average molecular weight is 317 g/mol. The van der Waals surface area contributed by atoms with E-state index >= 15 is 0 Å². The molecule has 3 heteroatoms. The Kier molecular flexibility index (Phi) is 4.61. The van der Waals surface area contributed by atoms with Gasteiger partial charge in [0.25, 0.3) is 0 Å². The molecule has 1 heterocycles. The first-order valence-corrected chi connectivity index (χ1v) is 8.28. The van der Waals surface area contributed by atoms with E-state index in [9.17, 15) is 0 Å². The third-order valence-electron chi connectivity index (χ3n) is 4.14. The van der Waals surface area contributed by atoms with Gasteiger partial charge < -0.3 is 5.32 Å². The molecule has 0 aliphatic carbocycles. The number of hydrogen-bond donors (Lipinski definition) is 1. The van der Waals surface area contributed by atoms with Crippen LogP contribution < -0.4 is 5.32 Å². The van der Waals surface area contributed by atoms with Gasteiger partial charge in [-0.3, -0.25) is 0 Å². The molecule has 0 aliphatic rings. The molecule has 24 heavy (non-hydrogen) atoms. The summed E-state index contributed by atoms with van der Waals surface area (Å²) in [4.78, 5) is 9.26. The zero-order valence-corrected chi connectivity index (χ0v) is 14.7. The van der Waals surface area contributed by atoms with Crippen molar-refractivity contribution in [2.45, 2.75) is 33.7 Å². The minimum Gasteiger partial charge on any atom is -0.363 e. The molecule has 1 unspecified atom stereocenters. The minimum absolute atomic E-state index is 0.184. The van der Waals surface area contributed by atoms with Gasteiger partial charge in [0.2, 0.25) is 0 Å². The van der Waals surface area contributed by atoms with E-state index in [1.165, 1.54) is 16.7 Å². The van der Waals surface area contributed by atoms with Crippen LogP contribution in [0.15, 0.2) is 54.6 Å². The average Bonchev–Trinajstić information content (AvgIpc) is 2.55. The molecule has 122 valence electrons. The SMILES string of the molecule is Cc1ccc(C(C)Nc2cc(C)nc(-c3ccccc3)n2)c(C)c1. The monoisotopic (exact) mass is 317 g/mol. The normalized spacial score (nSPS) is 12.0. The first-order valence-electron chi connectivity index (χ1n) is 8.28. The number of nitrogens with one attached hydrogen (secondary N) is 1. The van der Waals surface area contributed by atoms with Crippen LogP contribution in [0.25, 0.3) is 11.4 Å². The lowest BCUT2D eigenvalue weighted by Gasteiger charge is -2.18. The first-order chi connectivity index (χ1) is 11.5. The summed E-state index contributed by atoms with van der Waals surface area (Å²) in [7, 11) is 0. The lowest BCUT2D eigenvalue weighted by atomic mass is 10.0. The number of nitrogens with zero attached hydrogens (tertiary/aromatic N) is 2. The second-order valence-corrected chi connectivity index (χ2v) is 6.31. The van der Waals surface area contributed by atoms with Crippen LogP contribution in [0.2, 0.25) is 0 Å². The highest BCUT2D eigenvalue weighted by Gasteiger charge is 2.11. The van der Waals surface area contributed by atoms with Gasteiger partial charge in [0.15, 0.2) is 5.82 Å². The molecule has 0 saturated heterocycles. The van der Waals surface area contributed by atoms with Crippen LogP contribution in [-0.4, -0.2) is 9.97 Å². The summed E-state index contributed by atoms with van der Waals surface area (Å²) in [6.45, 7) is 8.44. The Labute approximate surface area is 143 Å². The van der Waals surface area contributed by atoms with Crippen molar-refractivity contribution in [3.63, 3.8) is 0 Å². The fourth-order valence-corrected chi connectivity index (χ4v) is 2.97. The molecule has 3 aromatic rings. The summed E-state index contributed by atoms with van der Waals surface area (Å²) < 4.78 is 0. The Hall–Kier alpha value is -2.68. The highest BCUT2D eigenvalue weighted by atomic mass is 15.0. The molecule has 2 aromatic carbocycles. The molecule has 0 spiro atoms. The van der Waals surface area contributed by atoms with E-state index in [2.05, 4.69) is 49.3 Å². The third kappa shape index (κ3) is 3.62. The van der Waals surface area contributed by atoms with E-state index in [-0.39, 0.29) is 6.04 Å². The molecular weight excluding hydrogens is 294 g/mol. The third-order valence-corrected chi connectivity index (χ3v) is 4.14. The van der Waals surface area contributed by atoms with Crippen molar-refractivity contribution in [2.24, 2.45) is 0 Å². The van der Waals surface area contributed by atoms with Crippen molar-refractivity contribution < 1.29 is 0 Å². The van der Waals surface area contributed by atoms with Crippen molar-refractivity contribution in [3.8, 4) is 11.4 Å². The summed E-state index contributed by atoms with van der Waals surface area (Å²) in [5, 5.41) is 3.52. The Morgan fingerprint density at radius 1 is 0.875 bits per heavy atom. The van der Waals surface area contributed by atoms with Gasteiger partial charge in [-0.15, -0.1) is 0 Å². The lowest BCUT2D eigenvalue weighted by Crippen LogP contribution is -2.10. The van der Waals surface area contributed by atoms with Crippen molar-refractivity contribution >= 4 is 5.82 Å². The highest BCUT2D eigenvalue weighted by molar-refractivity contribution is 5.57. The molecule has 3 nitrogen and oxygen atoms in total. The summed E-state index contributed by atoms with van der Waals surface area (Å²) in [5.41, 5.74) is 5.86. The van der Waals surface area contributed by atoms with Gasteiger partial charge >= 0.3 is 0 Å². The van der Waals surface area contributed by atoms with Gasteiger partial charge in [-0.2, -0.15) is 0 Å². The molecule has 0 bridgehead atoms. The Balaban J connectivity index is 1.88. The molecule has 0 aliphatic heterocycles. The lowest BCUT2D eigenvalue weighted by molar-refractivity contribution is 0.860. The molecule has 0 radical (unpaired) electrons. The first kappa shape index (κ1) is 16.2. The Bertz CT molecular complexity index is 841.